The number of morpholine rings is 1. The first-order valence-corrected chi connectivity index (χ1v) is 14.5. The minimum Gasteiger partial charge on any atom is -0.378 e. The summed E-state index contributed by atoms with van der Waals surface area (Å²) >= 11 is 2.70. The molecule has 1 aliphatic heterocycles. The highest BCUT2D eigenvalue weighted by Crippen LogP contribution is 2.33. The standard InChI is InChI=1S/C30H26N4O3S2/c35-26(31-24-13-7-8-14-25(24)33-15-17-37-18-16-33)20-39-30-32-28-27(23(19-38-28)21-9-3-1-4-10-21)29(36)34(30)22-11-5-2-6-12-22/h1-14,19H,15-18,20H2,(H,31,35). The van der Waals surface area contributed by atoms with Gasteiger partial charge in [0.25, 0.3) is 5.56 Å². The largest absolute Gasteiger partial charge is 0.378 e. The Morgan fingerprint density at radius 2 is 1.64 bits per heavy atom. The molecule has 3 aromatic carbocycles. The molecule has 1 fully saturated rings. The lowest BCUT2D eigenvalue weighted by Gasteiger charge is -2.30. The third kappa shape index (κ3) is 5.34. The second-order valence-corrected chi connectivity index (χ2v) is 10.8. The van der Waals surface area contributed by atoms with Gasteiger partial charge in [0.15, 0.2) is 5.16 Å². The van der Waals surface area contributed by atoms with Gasteiger partial charge in [0, 0.05) is 24.0 Å². The SMILES string of the molecule is O=C(CSc1nc2scc(-c3ccccc3)c2c(=O)n1-c1ccccc1)Nc1ccccc1N1CCOCC1. The van der Waals surface area contributed by atoms with E-state index in [-0.39, 0.29) is 17.2 Å². The first kappa shape index (κ1) is 25.4. The lowest BCUT2D eigenvalue weighted by Crippen LogP contribution is -2.36. The van der Waals surface area contributed by atoms with Gasteiger partial charge in [-0.15, -0.1) is 11.3 Å². The second-order valence-electron chi connectivity index (χ2n) is 9.02. The van der Waals surface area contributed by atoms with Crippen molar-refractivity contribution in [2.45, 2.75) is 5.16 Å². The number of rotatable bonds is 7. The summed E-state index contributed by atoms with van der Waals surface area (Å²) in [5, 5.41) is 6.11. The van der Waals surface area contributed by atoms with Crippen LogP contribution in [0.4, 0.5) is 11.4 Å². The Balaban J connectivity index is 1.31. The zero-order valence-corrected chi connectivity index (χ0v) is 22.7. The van der Waals surface area contributed by atoms with Crippen LogP contribution in [-0.4, -0.2) is 47.5 Å². The first-order valence-electron chi connectivity index (χ1n) is 12.7. The molecule has 0 atom stereocenters. The zero-order valence-electron chi connectivity index (χ0n) is 21.1. The van der Waals surface area contributed by atoms with Gasteiger partial charge in [-0.2, -0.15) is 0 Å². The lowest BCUT2D eigenvalue weighted by atomic mass is 10.1. The smallest absolute Gasteiger partial charge is 0.268 e. The number of thioether (sulfide) groups is 1. The first-order chi connectivity index (χ1) is 19.2. The molecule has 2 aromatic heterocycles. The van der Waals surface area contributed by atoms with E-state index in [1.807, 2.05) is 90.3 Å². The van der Waals surface area contributed by atoms with Gasteiger partial charge in [-0.05, 0) is 29.8 Å². The molecule has 0 saturated carbocycles. The third-order valence-electron chi connectivity index (χ3n) is 6.54. The van der Waals surface area contributed by atoms with Crippen molar-refractivity contribution in [3.63, 3.8) is 0 Å². The van der Waals surface area contributed by atoms with Crippen LogP contribution >= 0.6 is 23.1 Å². The number of nitrogens with one attached hydrogen (secondary N) is 1. The van der Waals surface area contributed by atoms with Crippen molar-refractivity contribution in [2.24, 2.45) is 0 Å². The number of aromatic nitrogens is 2. The molecular weight excluding hydrogens is 528 g/mol. The van der Waals surface area contributed by atoms with Crippen LogP contribution in [0.2, 0.25) is 0 Å². The average Bonchev–Trinajstić information content (AvgIpc) is 3.42. The van der Waals surface area contributed by atoms with Gasteiger partial charge in [-0.3, -0.25) is 14.2 Å². The Morgan fingerprint density at radius 3 is 2.41 bits per heavy atom. The number of fused-ring (bicyclic) bond motifs is 1. The molecule has 0 spiro atoms. The molecule has 0 aliphatic carbocycles. The van der Waals surface area contributed by atoms with Crippen LogP contribution in [0.1, 0.15) is 0 Å². The van der Waals surface area contributed by atoms with E-state index < -0.39 is 0 Å². The molecule has 1 aliphatic rings. The average molecular weight is 555 g/mol. The number of amides is 1. The molecule has 6 rings (SSSR count). The molecule has 9 heteroatoms. The van der Waals surface area contributed by atoms with Crippen LogP contribution in [0, 0.1) is 0 Å². The van der Waals surface area contributed by atoms with E-state index in [0.29, 0.717) is 34.3 Å². The Bertz CT molecular complexity index is 1660. The molecule has 7 nitrogen and oxygen atoms in total. The van der Waals surface area contributed by atoms with Crippen molar-refractivity contribution in [1.29, 1.82) is 0 Å². The summed E-state index contributed by atoms with van der Waals surface area (Å²) < 4.78 is 7.09. The summed E-state index contributed by atoms with van der Waals surface area (Å²) in [5.74, 6) is -0.0510. The minimum atomic E-state index is -0.161. The maximum Gasteiger partial charge on any atom is 0.268 e. The predicted octanol–water partition coefficient (Wildman–Crippen LogP) is 5.68. The normalized spacial score (nSPS) is 13.5. The summed E-state index contributed by atoms with van der Waals surface area (Å²) in [6.45, 7) is 2.89. The number of para-hydroxylation sites is 3. The highest BCUT2D eigenvalue weighted by atomic mass is 32.2. The quantitative estimate of drug-likeness (QED) is 0.206. The van der Waals surface area contributed by atoms with Gasteiger partial charge in [-0.25, -0.2) is 4.98 Å². The minimum absolute atomic E-state index is 0.110. The van der Waals surface area contributed by atoms with Crippen molar-refractivity contribution in [3.05, 3.63) is 101 Å². The van der Waals surface area contributed by atoms with Crippen LogP contribution in [0.25, 0.3) is 27.0 Å². The molecule has 196 valence electrons. The zero-order chi connectivity index (χ0) is 26.6. The van der Waals surface area contributed by atoms with E-state index in [1.54, 1.807) is 4.57 Å². The maximum atomic E-state index is 14.0. The van der Waals surface area contributed by atoms with Crippen LogP contribution in [-0.2, 0) is 9.53 Å². The molecule has 39 heavy (non-hydrogen) atoms. The number of hydrogen-bond donors (Lipinski definition) is 1. The topological polar surface area (TPSA) is 76.5 Å². The number of anilines is 2. The fourth-order valence-corrected chi connectivity index (χ4v) is 6.48. The van der Waals surface area contributed by atoms with Gasteiger partial charge in [0.05, 0.1) is 41.4 Å². The molecular formula is C30H26N4O3S2. The maximum absolute atomic E-state index is 14.0. The molecule has 1 amide bonds. The van der Waals surface area contributed by atoms with Crippen molar-refractivity contribution < 1.29 is 9.53 Å². The number of benzene rings is 3. The van der Waals surface area contributed by atoms with Crippen molar-refractivity contribution >= 4 is 50.6 Å². The van der Waals surface area contributed by atoms with Crippen molar-refractivity contribution in [2.75, 3.05) is 42.3 Å². The van der Waals surface area contributed by atoms with E-state index in [4.69, 9.17) is 9.72 Å². The fraction of sp³-hybridized carbons (Fsp3) is 0.167. The van der Waals surface area contributed by atoms with Gasteiger partial charge < -0.3 is 15.0 Å². The summed E-state index contributed by atoms with van der Waals surface area (Å²) in [4.78, 5) is 34.8. The van der Waals surface area contributed by atoms with Crippen LogP contribution in [0.5, 0.6) is 0 Å². The van der Waals surface area contributed by atoms with Crippen molar-refractivity contribution in [1.82, 2.24) is 9.55 Å². The molecule has 0 unspecified atom stereocenters. The van der Waals surface area contributed by atoms with E-state index >= 15 is 0 Å². The molecule has 5 aromatic rings. The Labute approximate surface area is 234 Å². The van der Waals surface area contributed by atoms with E-state index in [0.717, 1.165) is 35.6 Å². The van der Waals surface area contributed by atoms with E-state index in [9.17, 15) is 9.59 Å². The van der Waals surface area contributed by atoms with Gasteiger partial charge in [0.2, 0.25) is 5.91 Å². The molecule has 1 N–H and O–H groups in total. The van der Waals surface area contributed by atoms with Crippen LogP contribution in [0.15, 0.2) is 100 Å². The Morgan fingerprint density at radius 1 is 0.949 bits per heavy atom. The third-order valence-corrected chi connectivity index (χ3v) is 8.35. The Hall–Kier alpha value is -3.92. The predicted molar refractivity (Wildman–Crippen MR) is 159 cm³/mol. The number of hydrogen-bond acceptors (Lipinski definition) is 7. The number of carbonyl (C=O) groups is 1. The van der Waals surface area contributed by atoms with Gasteiger partial charge in [0.1, 0.15) is 4.83 Å². The fourth-order valence-electron chi connectivity index (χ4n) is 4.68. The molecule has 0 radical (unpaired) electrons. The summed E-state index contributed by atoms with van der Waals surface area (Å²) in [5.41, 5.74) is 4.15. The number of carbonyl (C=O) groups excluding carboxylic acids is 1. The number of nitrogens with zero attached hydrogens (tertiary/aromatic N) is 3. The van der Waals surface area contributed by atoms with Crippen molar-refractivity contribution in [3.8, 4) is 16.8 Å². The number of ether oxygens (including phenoxy) is 1. The Kier molecular flexibility index (Phi) is 7.44. The molecule has 1 saturated heterocycles. The lowest BCUT2D eigenvalue weighted by molar-refractivity contribution is -0.113. The molecule has 3 heterocycles. The van der Waals surface area contributed by atoms with Gasteiger partial charge in [-0.1, -0.05) is 72.4 Å². The monoisotopic (exact) mass is 554 g/mol. The second kappa shape index (κ2) is 11.4. The van der Waals surface area contributed by atoms with Crippen LogP contribution < -0.4 is 15.8 Å². The molecule has 0 bridgehead atoms. The van der Waals surface area contributed by atoms with E-state index in [1.165, 1.54) is 23.1 Å². The van der Waals surface area contributed by atoms with Crippen LogP contribution in [0.3, 0.4) is 0 Å². The summed E-state index contributed by atoms with van der Waals surface area (Å²) in [6.07, 6.45) is 0. The number of thiophene rings is 1. The summed E-state index contributed by atoms with van der Waals surface area (Å²) in [7, 11) is 0. The highest BCUT2D eigenvalue weighted by Gasteiger charge is 2.20. The van der Waals surface area contributed by atoms with E-state index in [2.05, 4.69) is 10.2 Å². The highest BCUT2D eigenvalue weighted by molar-refractivity contribution is 7.99. The van der Waals surface area contributed by atoms with Gasteiger partial charge >= 0.3 is 0 Å². The summed E-state index contributed by atoms with van der Waals surface area (Å²) in [6, 6.07) is 27.1.